The van der Waals surface area contributed by atoms with E-state index in [1.54, 1.807) is 13.8 Å². The summed E-state index contributed by atoms with van der Waals surface area (Å²) in [7, 11) is -3.66. The van der Waals surface area contributed by atoms with Crippen LogP contribution in [0.25, 0.3) is 0 Å². The van der Waals surface area contributed by atoms with E-state index in [1.165, 1.54) is 11.2 Å². The van der Waals surface area contributed by atoms with Crippen LogP contribution in [0.1, 0.15) is 48.4 Å². The number of hydrogen-bond acceptors (Lipinski definition) is 3. The molecular formula is C13H22N2O4S. The number of H-pyrrole nitrogens is 1. The van der Waals surface area contributed by atoms with E-state index in [9.17, 15) is 13.2 Å². The van der Waals surface area contributed by atoms with Gasteiger partial charge in [0.15, 0.2) is 0 Å². The highest BCUT2D eigenvalue weighted by Gasteiger charge is 2.30. The molecule has 1 heterocycles. The van der Waals surface area contributed by atoms with E-state index < -0.39 is 16.0 Å². The molecule has 0 fully saturated rings. The molecule has 1 rings (SSSR count). The Morgan fingerprint density at radius 1 is 1.30 bits per heavy atom. The summed E-state index contributed by atoms with van der Waals surface area (Å²) in [4.78, 5) is 13.8. The minimum atomic E-state index is -3.66. The second kappa shape index (κ2) is 6.41. The van der Waals surface area contributed by atoms with Crippen LogP contribution in [0.5, 0.6) is 0 Å². The first-order valence-electron chi connectivity index (χ1n) is 6.69. The maximum absolute atomic E-state index is 12.7. The van der Waals surface area contributed by atoms with Crippen LogP contribution in [-0.2, 0) is 10.0 Å². The van der Waals surface area contributed by atoms with Crippen LogP contribution in [0.15, 0.2) is 4.90 Å². The molecule has 1 aromatic heterocycles. The van der Waals surface area contributed by atoms with Crippen molar-refractivity contribution < 1.29 is 18.3 Å². The number of aryl methyl sites for hydroxylation is 1. The molecule has 7 heteroatoms. The number of rotatable bonds is 7. The van der Waals surface area contributed by atoms with Gasteiger partial charge in [-0.1, -0.05) is 20.3 Å². The number of hydrogen-bond donors (Lipinski definition) is 2. The van der Waals surface area contributed by atoms with E-state index in [0.29, 0.717) is 18.8 Å². The number of nitrogens with zero attached hydrogens (tertiary/aromatic N) is 1. The summed E-state index contributed by atoms with van der Waals surface area (Å²) >= 11 is 0. The smallest absolute Gasteiger partial charge is 0.352 e. The highest BCUT2D eigenvalue weighted by molar-refractivity contribution is 7.89. The lowest BCUT2D eigenvalue weighted by Crippen LogP contribution is -2.32. The topological polar surface area (TPSA) is 90.5 Å². The molecule has 0 saturated carbocycles. The van der Waals surface area contributed by atoms with Crippen LogP contribution in [-0.4, -0.2) is 41.9 Å². The first-order valence-corrected chi connectivity index (χ1v) is 8.13. The molecule has 0 bridgehead atoms. The van der Waals surface area contributed by atoms with Crippen LogP contribution < -0.4 is 0 Å². The van der Waals surface area contributed by atoms with Crippen LogP contribution in [0.2, 0.25) is 0 Å². The molecule has 0 radical (unpaired) electrons. The monoisotopic (exact) mass is 302 g/mol. The molecule has 114 valence electrons. The normalized spacial score (nSPS) is 12.1. The van der Waals surface area contributed by atoms with Crippen molar-refractivity contribution in [3.05, 3.63) is 17.0 Å². The number of aromatic carboxylic acids is 1. The van der Waals surface area contributed by atoms with E-state index >= 15 is 0 Å². The van der Waals surface area contributed by atoms with Gasteiger partial charge in [0, 0.05) is 24.3 Å². The van der Waals surface area contributed by atoms with E-state index in [0.717, 1.165) is 12.8 Å². The summed E-state index contributed by atoms with van der Waals surface area (Å²) in [5, 5.41) is 9.07. The number of aromatic nitrogens is 1. The Labute approximate surface area is 119 Å². The lowest BCUT2D eigenvalue weighted by molar-refractivity contribution is 0.0690. The second-order valence-corrected chi connectivity index (χ2v) is 6.61. The van der Waals surface area contributed by atoms with Crippen molar-refractivity contribution in [3.63, 3.8) is 0 Å². The summed E-state index contributed by atoms with van der Waals surface area (Å²) < 4.78 is 26.7. The summed E-state index contributed by atoms with van der Waals surface area (Å²) in [5.41, 5.74) is 0.576. The molecule has 20 heavy (non-hydrogen) atoms. The van der Waals surface area contributed by atoms with Crippen molar-refractivity contribution in [1.82, 2.24) is 9.29 Å². The molecule has 0 amide bonds. The number of carbonyl (C=O) groups is 1. The summed E-state index contributed by atoms with van der Waals surface area (Å²) in [6, 6.07) is 0. The van der Waals surface area contributed by atoms with Crippen molar-refractivity contribution in [3.8, 4) is 0 Å². The Morgan fingerprint density at radius 2 is 1.90 bits per heavy atom. The first kappa shape index (κ1) is 16.7. The number of nitrogens with one attached hydrogen (secondary N) is 1. The Hall–Kier alpha value is -1.34. The molecule has 0 unspecified atom stereocenters. The van der Waals surface area contributed by atoms with Gasteiger partial charge in [-0.2, -0.15) is 4.31 Å². The minimum absolute atomic E-state index is 0.0624. The van der Waals surface area contributed by atoms with E-state index in [-0.39, 0.29) is 16.2 Å². The van der Waals surface area contributed by atoms with Gasteiger partial charge >= 0.3 is 5.97 Å². The zero-order valence-electron chi connectivity index (χ0n) is 12.4. The minimum Gasteiger partial charge on any atom is -0.477 e. The van der Waals surface area contributed by atoms with Crippen LogP contribution in [0.4, 0.5) is 0 Å². The zero-order chi connectivity index (χ0) is 15.5. The average molecular weight is 302 g/mol. The molecular weight excluding hydrogens is 280 g/mol. The number of carboxylic acid groups (broad SMARTS) is 1. The Balaban J connectivity index is 3.31. The fraction of sp³-hybridized carbons (Fsp3) is 0.615. The van der Waals surface area contributed by atoms with E-state index in [1.807, 2.05) is 6.92 Å². The molecule has 0 saturated heterocycles. The molecule has 6 nitrogen and oxygen atoms in total. The third-order valence-corrected chi connectivity index (χ3v) is 5.54. The van der Waals surface area contributed by atoms with Crippen molar-refractivity contribution in [2.24, 2.45) is 0 Å². The zero-order valence-corrected chi connectivity index (χ0v) is 13.2. The van der Waals surface area contributed by atoms with Crippen molar-refractivity contribution in [2.45, 2.75) is 45.4 Å². The highest BCUT2D eigenvalue weighted by Crippen LogP contribution is 2.26. The third-order valence-electron chi connectivity index (χ3n) is 3.29. The maximum Gasteiger partial charge on any atom is 0.352 e. The largest absolute Gasteiger partial charge is 0.477 e. The molecule has 0 aliphatic heterocycles. The van der Waals surface area contributed by atoms with Crippen LogP contribution in [0.3, 0.4) is 0 Å². The third kappa shape index (κ3) is 3.04. The van der Waals surface area contributed by atoms with Gasteiger partial charge in [0.2, 0.25) is 10.0 Å². The Kier molecular flexibility index (Phi) is 5.35. The van der Waals surface area contributed by atoms with Gasteiger partial charge < -0.3 is 10.1 Å². The van der Waals surface area contributed by atoms with Gasteiger partial charge in [0.05, 0.1) is 0 Å². The second-order valence-electron chi connectivity index (χ2n) is 4.73. The molecule has 0 atom stereocenters. The van der Waals surface area contributed by atoms with Crippen LogP contribution >= 0.6 is 0 Å². The lowest BCUT2D eigenvalue weighted by atomic mass is 10.2. The average Bonchev–Trinajstić information content (AvgIpc) is 2.66. The van der Waals surface area contributed by atoms with Gasteiger partial charge in [-0.05, 0) is 20.3 Å². The highest BCUT2D eigenvalue weighted by atomic mass is 32.2. The van der Waals surface area contributed by atoms with Crippen molar-refractivity contribution in [2.75, 3.05) is 13.1 Å². The quantitative estimate of drug-likeness (QED) is 0.807. The Morgan fingerprint density at radius 3 is 2.30 bits per heavy atom. The molecule has 0 aliphatic rings. The number of carboxylic acids is 1. The predicted octanol–water partition coefficient (Wildman–Crippen LogP) is 2.14. The van der Waals surface area contributed by atoms with Crippen molar-refractivity contribution in [1.29, 1.82) is 0 Å². The Bertz CT molecular complexity index is 590. The van der Waals surface area contributed by atoms with Gasteiger partial charge in [0.25, 0.3) is 0 Å². The number of unbranched alkanes of at least 4 members (excludes halogenated alkanes) is 1. The fourth-order valence-corrected chi connectivity index (χ4v) is 4.14. The standard InChI is InChI=1S/C13H22N2O4S/c1-5-7-8-15(6-2)20(18,19)12-9(3)11(13(16)17)14-10(12)4/h14H,5-8H2,1-4H3,(H,16,17). The number of aromatic amines is 1. The van der Waals surface area contributed by atoms with E-state index in [2.05, 4.69) is 4.98 Å². The van der Waals surface area contributed by atoms with Gasteiger partial charge in [0.1, 0.15) is 10.6 Å². The molecule has 1 aromatic rings. The van der Waals surface area contributed by atoms with E-state index in [4.69, 9.17) is 5.11 Å². The number of sulfonamides is 1. The SMILES string of the molecule is CCCCN(CC)S(=O)(=O)c1c(C)[nH]c(C(=O)O)c1C. The molecule has 0 spiro atoms. The molecule has 2 N–H and O–H groups in total. The lowest BCUT2D eigenvalue weighted by Gasteiger charge is -2.20. The summed E-state index contributed by atoms with van der Waals surface area (Å²) in [6.07, 6.45) is 1.68. The first-order chi connectivity index (χ1) is 9.27. The molecule has 0 aliphatic carbocycles. The van der Waals surface area contributed by atoms with Gasteiger partial charge in [-0.25, -0.2) is 13.2 Å². The van der Waals surface area contributed by atoms with Gasteiger partial charge in [-0.3, -0.25) is 0 Å². The van der Waals surface area contributed by atoms with Gasteiger partial charge in [-0.15, -0.1) is 0 Å². The summed E-state index contributed by atoms with van der Waals surface area (Å²) in [6.45, 7) is 7.70. The molecule has 0 aromatic carbocycles. The summed E-state index contributed by atoms with van der Waals surface area (Å²) in [5.74, 6) is -1.15. The predicted molar refractivity (Wildman–Crippen MR) is 76.6 cm³/mol. The van der Waals surface area contributed by atoms with Crippen LogP contribution in [0, 0.1) is 13.8 Å². The van der Waals surface area contributed by atoms with Crippen molar-refractivity contribution >= 4 is 16.0 Å². The maximum atomic E-state index is 12.7. The fourth-order valence-electron chi connectivity index (χ4n) is 2.25.